The first-order chi connectivity index (χ1) is 12.7. The van der Waals surface area contributed by atoms with Crippen LogP contribution in [0.3, 0.4) is 0 Å². The summed E-state index contributed by atoms with van der Waals surface area (Å²) in [7, 11) is 1.57. The number of carbonyl (C=O) groups excluding carboxylic acids is 2. The van der Waals surface area contributed by atoms with Crippen molar-refractivity contribution in [2.75, 3.05) is 17.7 Å². The number of anilines is 3. The zero-order valence-corrected chi connectivity index (χ0v) is 15.7. The molecule has 2 rings (SSSR count). The van der Waals surface area contributed by atoms with Crippen molar-refractivity contribution in [2.24, 2.45) is 17.4 Å². The molecule has 9 nitrogen and oxygen atoms in total. The first-order valence-corrected chi connectivity index (χ1v) is 8.36. The maximum atomic E-state index is 11.7. The number of hydrogen-bond acceptors (Lipinski definition) is 7. The number of amides is 2. The molecule has 2 amide bonds. The van der Waals surface area contributed by atoms with Crippen LogP contribution >= 0.6 is 0 Å². The summed E-state index contributed by atoms with van der Waals surface area (Å²) in [5.41, 5.74) is 12.6. The molecular weight excluding hydrogens is 348 g/mol. The molecular formula is C18H24N6O3. The van der Waals surface area contributed by atoms with E-state index in [0.29, 0.717) is 11.4 Å². The first kappa shape index (κ1) is 20.0. The molecule has 144 valence electrons. The fraction of sp³-hybridized carbons (Fsp3) is 0.333. The van der Waals surface area contributed by atoms with Crippen LogP contribution in [0, 0.1) is 12.8 Å². The fourth-order valence-corrected chi connectivity index (χ4v) is 2.51. The highest BCUT2D eigenvalue weighted by Crippen LogP contribution is 2.25. The van der Waals surface area contributed by atoms with Gasteiger partial charge in [0.05, 0.1) is 7.11 Å². The second kappa shape index (κ2) is 8.35. The number of primary amides is 2. The van der Waals surface area contributed by atoms with Crippen LogP contribution < -0.4 is 26.8 Å². The molecule has 27 heavy (non-hydrogen) atoms. The molecule has 0 spiro atoms. The largest absolute Gasteiger partial charge is 0.497 e. The number of benzene rings is 1. The van der Waals surface area contributed by atoms with Crippen LogP contribution in [-0.4, -0.2) is 34.9 Å². The predicted octanol–water partition coefficient (Wildman–Crippen LogP) is 1.56. The van der Waals surface area contributed by atoms with Crippen molar-refractivity contribution in [3.63, 3.8) is 0 Å². The van der Waals surface area contributed by atoms with Gasteiger partial charge in [-0.25, -0.2) is 4.98 Å². The van der Waals surface area contributed by atoms with Crippen LogP contribution in [0.1, 0.15) is 29.8 Å². The van der Waals surface area contributed by atoms with E-state index in [0.717, 1.165) is 5.56 Å². The molecule has 2 aromatic rings. The van der Waals surface area contributed by atoms with Gasteiger partial charge in [0.15, 0.2) is 0 Å². The summed E-state index contributed by atoms with van der Waals surface area (Å²) in [5.74, 6) is -0.262. The number of nitrogens with zero attached hydrogens (tertiary/aromatic N) is 2. The van der Waals surface area contributed by atoms with Gasteiger partial charge in [0.25, 0.3) is 5.91 Å². The molecule has 0 unspecified atom stereocenters. The second-order valence-electron chi connectivity index (χ2n) is 6.45. The van der Waals surface area contributed by atoms with Crippen molar-refractivity contribution in [1.82, 2.24) is 9.97 Å². The molecule has 0 bridgehead atoms. The van der Waals surface area contributed by atoms with Crippen molar-refractivity contribution in [3.8, 4) is 5.75 Å². The van der Waals surface area contributed by atoms with Crippen molar-refractivity contribution in [3.05, 3.63) is 35.5 Å². The van der Waals surface area contributed by atoms with E-state index < -0.39 is 17.9 Å². The molecule has 1 aromatic heterocycles. The topological polar surface area (TPSA) is 145 Å². The van der Waals surface area contributed by atoms with Crippen LogP contribution in [0.2, 0.25) is 0 Å². The number of carbonyl (C=O) groups is 2. The van der Waals surface area contributed by atoms with Crippen LogP contribution in [0.15, 0.2) is 24.4 Å². The maximum absolute atomic E-state index is 11.7. The maximum Gasteiger partial charge on any atom is 0.254 e. The monoisotopic (exact) mass is 372 g/mol. The minimum absolute atomic E-state index is 0.0700. The van der Waals surface area contributed by atoms with Crippen LogP contribution in [0.5, 0.6) is 5.75 Å². The highest BCUT2D eigenvalue weighted by atomic mass is 16.5. The Labute approximate surface area is 157 Å². The molecule has 1 atom stereocenters. The van der Waals surface area contributed by atoms with E-state index in [1.807, 2.05) is 32.9 Å². The van der Waals surface area contributed by atoms with Crippen molar-refractivity contribution in [1.29, 1.82) is 0 Å². The molecule has 1 heterocycles. The number of nitrogens with one attached hydrogen (secondary N) is 2. The van der Waals surface area contributed by atoms with Crippen LogP contribution in [0.25, 0.3) is 0 Å². The standard InChI is InChI=1S/C18H24N6O3/c1-9(2)14(16(20)26)23-18-21-8-13(15(19)25)17(24-18)22-11-5-10(3)6-12(7-11)27-4/h5-9,14H,1-4H3,(H2,19,25)(H2,20,26)(H2,21,22,23,24)/t14-/m1/s1. The number of hydrogen-bond donors (Lipinski definition) is 4. The molecule has 0 saturated carbocycles. The van der Waals surface area contributed by atoms with Gasteiger partial charge in [-0.1, -0.05) is 13.8 Å². The summed E-state index contributed by atoms with van der Waals surface area (Å²) in [6.07, 6.45) is 1.30. The molecule has 0 aliphatic heterocycles. The van der Waals surface area contributed by atoms with Gasteiger partial charge in [0.1, 0.15) is 23.2 Å². The highest BCUT2D eigenvalue weighted by Gasteiger charge is 2.21. The fourth-order valence-electron chi connectivity index (χ4n) is 2.51. The third-order valence-corrected chi connectivity index (χ3v) is 3.86. The lowest BCUT2D eigenvalue weighted by atomic mass is 10.0. The van der Waals surface area contributed by atoms with Gasteiger partial charge < -0.3 is 26.8 Å². The van der Waals surface area contributed by atoms with Gasteiger partial charge in [-0.05, 0) is 30.5 Å². The van der Waals surface area contributed by atoms with E-state index in [4.69, 9.17) is 16.2 Å². The summed E-state index contributed by atoms with van der Waals surface area (Å²) in [6.45, 7) is 5.60. The van der Waals surface area contributed by atoms with Crippen molar-refractivity contribution >= 4 is 29.3 Å². The zero-order chi connectivity index (χ0) is 20.1. The normalized spacial score (nSPS) is 11.7. The Hall–Kier alpha value is -3.36. The highest BCUT2D eigenvalue weighted by molar-refractivity contribution is 5.98. The van der Waals surface area contributed by atoms with E-state index in [1.54, 1.807) is 13.2 Å². The number of nitrogens with two attached hydrogens (primary N) is 2. The molecule has 9 heteroatoms. The van der Waals surface area contributed by atoms with E-state index in [2.05, 4.69) is 20.6 Å². The third-order valence-electron chi connectivity index (χ3n) is 3.86. The van der Waals surface area contributed by atoms with E-state index in [9.17, 15) is 9.59 Å². The van der Waals surface area contributed by atoms with Crippen LogP contribution in [0.4, 0.5) is 17.5 Å². The Morgan fingerprint density at radius 3 is 2.44 bits per heavy atom. The smallest absolute Gasteiger partial charge is 0.254 e. The summed E-state index contributed by atoms with van der Waals surface area (Å²) < 4.78 is 5.25. The first-order valence-electron chi connectivity index (χ1n) is 8.36. The Bertz CT molecular complexity index is 853. The molecule has 0 radical (unpaired) electrons. The minimum atomic E-state index is -0.682. The summed E-state index contributed by atoms with van der Waals surface area (Å²) in [5, 5.41) is 5.94. The van der Waals surface area contributed by atoms with Crippen molar-refractivity contribution < 1.29 is 14.3 Å². The summed E-state index contributed by atoms with van der Waals surface area (Å²) in [6, 6.07) is 4.83. The quantitative estimate of drug-likeness (QED) is 0.550. The van der Waals surface area contributed by atoms with Gasteiger partial charge in [-0.3, -0.25) is 9.59 Å². The zero-order valence-electron chi connectivity index (χ0n) is 15.7. The minimum Gasteiger partial charge on any atom is -0.497 e. The molecule has 0 saturated heterocycles. The van der Waals surface area contributed by atoms with Gasteiger partial charge in [0.2, 0.25) is 11.9 Å². The molecule has 1 aromatic carbocycles. The lowest BCUT2D eigenvalue weighted by Gasteiger charge is -2.19. The Morgan fingerprint density at radius 1 is 1.19 bits per heavy atom. The Morgan fingerprint density at radius 2 is 1.89 bits per heavy atom. The van der Waals surface area contributed by atoms with E-state index in [1.165, 1.54) is 6.20 Å². The third kappa shape index (κ3) is 5.06. The number of methoxy groups -OCH3 is 1. The molecule has 0 aliphatic rings. The second-order valence-corrected chi connectivity index (χ2v) is 6.45. The van der Waals surface area contributed by atoms with E-state index in [-0.39, 0.29) is 23.2 Å². The van der Waals surface area contributed by atoms with Gasteiger partial charge >= 0.3 is 0 Å². The number of rotatable bonds is 8. The average Bonchev–Trinajstić information content (AvgIpc) is 2.58. The SMILES string of the molecule is COc1cc(C)cc(Nc2nc(N[C@@H](C(N)=O)C(C)C)ncc2C(N)=O)c1. The number of aryl methyl sites for hydroxylation is 1. The number of ether oxygens (including phenoxy) is 1. The van der Waals surface area contributed by atoms with E-state index >= 15 is 0 Å². The molecule has 0 aliphatic carbocycles. The number of aromatic nitrogens is 2. The van der Waals surface area contributed by atoms with Gasteiger partial charge in [-0.15, -0.1) is 0 Å². The molecule has 6 N–H and O–H groups in total. The Balaban J connectivity index is 2.40. The van der Waals surface area contributed by atoms with Crippen LogP contribution in [-0.2, 0) is 4.79 Å². The Kier molecular flexibility index (Phi) is 6.17. The lowest BCUT2D eigenvalue weighted by Crippen LogP contribution is -2.40. The van der Waals surface area contributed by atoms with Crippen molar-refractivity contribution in [2.45, 2.75) is 26.8 Å². The molecule has 0 fully saturated rings. The lowest BCUT2D eigenvalue weighted by molar-refractivity contribution is -0.119. The average molecular weight is 372 g/mol. The van der Waals surface area contributed by atoms with Gasteiger partial charge in [-0.2, -0.15) is 4.98 Å². The predicted molar refractivity (Wildman–Crippen MR) is 103 cm³/mol. The summed E-state index contributed by atoms with van der Waals surface area (Å²) >= 11 is 0. The van der Waals surface area contributed by atoms with Gasteiger partial charge in [0, 0.05) is 18.0 Å². The summed E-state index contributed by atoms with van der Waals surface area (Å²) in [4.78, 5) is 31.7.